The van der Waals surface area contributed by atoms with Gasteiger partial charge in [0.15, 0.2) is 0 Å². The van der Waals surface area contributed by atoms with Crippen LogP contribution in [0.3, 0.4) is 0 Å². The van der Waals surface area contributed by atoms with Crippen LogP contribution in [0.25, 0.3) is 0 Å². The van der Waals surface area contributed by atoms with Crippen LogP contribution in [0.1, 0.15) is 6.92 Å². The molecule has 0 aromatic heterocycles. The second kappa shape index (κ2) is 126. The zero-order valence-electron chi connectivity index (χ0n) is 6.83. The summed E-state index contributed by atoms with van der Waals surface area (Å²) in [4.78, 5) is 0. The average Bonchev–Trinajstić information content (AvgIpc) is 1.75. The van der Waals surface area contributed by atoms with Crippen molar-refractivity contribution >= 4 is 73.6 Å². The Morgan fingerprint density at radius 2 is 1.42 bits per heavy atom. The van der Waals surface area contributed by atoms with Crippen LogP contribution in [0, 0.1) is 0 Å². The van der Waals surface area contributed by atoms with Gasteiger partial charge in [-0.05, 0) is 6.92 Å². The molecule has 0 aromatic carbocycles. The molecule has 0 heterocycles. The first-order chi connectivity index (χ1) is 3.83. The van der Waals surface area contributed by atoms with E-state index in [4.69, 9.17) is 1.43 Å². The van der Waals surface area contributed by atoms with E-state index >= 15 is 0 Å². The summed E-state index contributed by atoms with van der Waals surface area (Å²) in [6, 6.07) is 0. The van der Waals surface area contributed by atoms with Gasteiger partial charge in [-0.1, -0.05) is 6.58 Å². The molecule has 0 amide bonds. The third kappa shape index (κ3) is 447. The number of hydrogen-bond donors (Lipinski definition) is 0. The van der Waals surface area contributed by atoms with E-state index in [1.54, 1.807) is 0 Å². The molecule has 0 bridgehead atoms. The Morgan fingerprint density at radius 3 is 1.42 bits per heavy atom. The Hall–Kier alpha value is 1.74. The van der Waals surface area contributed by atoms with E-state index in [0.29, 0.717) is 0 Å². The van der Waals surface area contributed by atoms with Crippen LogP contribution in [0.2, 0.25) is 0 Å². The summed E-state index contributed by atoms with van der Waals surface area (Å²) in [5, 5.41) is 0. The molecular formula is C4H10Ca2F4O2. The third-order valence-corrected chi connectivity index (χ3v) is 0. The van der Waals surface area contributed by atoms with Crippen molar-refractivity contribution in [2.24, 2.45) is 0 Å². The summed E-state index contributed by atoms with van der Waals surface area (Å²) < 4.78 is 28.7. The van der Waals surface area contributed by atoms with E-state index in [2.05, 4.69) is 6.58 Å². The molecule has 0 aliphatic carbocycles. The normalized spacial score (nSPS) is 3.08. The van der Waals surface area contributed by atoms with Gasteiger partial charge in [0.2, 0.25) is 0 Å². The van der Waals surface area contributed by atoms with E-state index in [0.717, 1.165) is 0 Å². The van der Waals surface area contributed by atoms with Crippen molar-refractivity contribution in [3.05, 3.63) is 12.9 Å². The van der Waals surface area contributed by atoms with Gasteiger partial charge in [0.05, 0.1) is 13.0 Å². The van der Waals surface area contributed by atoms with Crippen LogP contribution < -0.4 is 9.41 Å². The van der Waals surface area contributed by atoms with Crippen molar-refractivity contribution < 1.29 is 25.1 Å². The number of rotatable bonds is 0. The molecule has 0 unspecified atom stereocenters. The molecule has 0 aliphatic rings. The Morgan fingerprint density at radius 1 is 1.42 bits per heavy atom. The third-order valence-electron chi connectivity index (χ3n) is 0. The molecule has 8 heteroatoms. The van der Waals surface area contributed by atoms with E-state index in [-0.39, 0.29) is 102 Å². The maximum absolute atomic E-state index is 10.3. The summed E-state index contributed by atoms with van der Waals surface area (Å²) in [6.07, 6.45) is 0.250. The summed E-state index contributed by atoms with van der Waals surface area (Å²) >= 11 is 0.125. The standard InChI is InChI=1S/C2H5F.C2H3F.2Ca.2FH.H2O.O/c2*1-2-3;;;;;;/h2H2,1H3;2H,1H2;;;2*1H;1H2;/q;;;+2;;;;/p-2. The summed E-state index contributed by atoms with van der Waals surface area (Å²) in [6.45, 7) is 3.90. The molecule has 2 N–H and O–H groups in total. The van der Waals surface area contributed by atoms with E-state index in [9.17, 15) is 8.78 Å². The number of alkyl halides is 1. The number of halogens is 4. The van der Waals surface area contributed by atoms with E-state index in [1.165, 1.54) is 6.92 Å². The van der Waals surface area contributed by atoms with Crippen molar-refractivity contribution in [1.29, 1.82) is 0 Å². The molecule has 0 spiro atoms. The predicted molar refractivity (Wildman–Crippen MR) is 38.8 cm³/mol. The quantitative estimate of drug-likeness (QED) is 0.310. The van der Waals surface area contributed by atoms with E-state index < -0.39 is 0 Å². The maximum atomic E-state index is 10.3. The van der Waals surface area contributed by atoms with Crippen molar-refractivity contribution in [3.8, 4) is 0 Å². The fourth-order valence-electron chi connectivity index (χ4n) is 0. The van der Waals surface area contributed by atoms with Gasteiger partial charge in [-0.2, -0.15) is 0 Å². The first kappa shape index (κ1) is 49.1. The summed E-state index contributed by atoms with van der Waals surface area (Å²) in [5.41, 5.74) is 0. The Kier molecular flexibility index (Phi) is 514. The van der Waals surface area contributed by atoms with Crippen LogP contribution in [-0.2, 0) is 1.43 Å². The first-order valence-corrected chi connectivity index (χ1v) is 2.79. The fraction of sp³-hybridized carbons (Fsp3) is 0.500. The second-order valence-corrected chi connectivity index (χ2v) is 0.422. The fourth-order valence-corrected chi connectivity index (χ4v) is 0. The van der Waals surface area contributed by atoms with Crippen molar-refractivity contribution in [2.75, 3.05) is 6.67 Å². The van der Waals surface area contributed by atoms with Gasteiger partial charge in [-0.25, -0.2) is 4.39 Å². The van der Waals surface area contributed by atoms with Crippen molar-refractivity contribution in [2.45, 2.75) is 6.92 Å². The van der Waals surface area contributed by atoms with Crippen LogP contribution in [-0.4, -0.2) is 85.8 Å². The zero-order valence-corrected chi connectivity index (χ0v) is 11.2. The summed E-state index contributed by atoms with van der Waals surface area (Å²) in [7, 11) is 0. The van der Waals surface area contributed by atoms with Gasteiger partial charge >= 0.3 is 75.1 Å². The molecule has 2 nitrogen and oxygen atoms in total. The van der Waals surface area contributed by atoms with Crippen molar-refractivity contribution in [1.82, 2.24) is 0 Å². The zero-order chi connectivity index (χ0) is 7.41. The monoisotopic (exact) mass is 246 g/mol. The van der Waals surface area contributed by atoms with E-state index in [1.807, 2.05) is 0 Å². The molecule has 0 aliphatic heterocycles. The molecular weight excluding hydrogens is 236 g/mol. The molecule has 0 radical (unpaired) electrons. The Labute approximate surface area is 123 Å². The van der Waals surface area contributed by atoms with Gasteiger partial charge in [-0.15, -0.1) is 0 Å². The van der Waals surface area contributed by atoms with Gasteiger partial charge < -0.3 is 14.9 Å². The molecule has 0 saturated carbocycles. The molecule has 70 valence electrons. The van der Waals surface area contributed by atoms with Gasteiger partial charge in [0.1, 0.15) is 0 Å². The van der Waals surface area contributed by atoms with Gasteiger partial charge in [0.25, 0.3) is 0 Å². The topological polar surface area (TPSA) is 48.6 Å². The van der Waals surface area contributed by atoms with Gasteiger partial charge in [-0.3, -0.25) is 4.39 Å². The minimum atomic E-state index is -0.250. The molecule has 0 fully saturated rings. The second-order valence-electron chi connectivity index (χ2n) is 0.422. The minimum absolute atomic E-state index is 0. The average molecular weight is 246 g/mol. The Bertz CT molecular complexity index is 44.2. The van der Waals surface area contributed by atoms with Crippen molar-refractivity contribution in [3.63, 3.8) is 0 Å². The molecule has 12 heavy (non-hydrogen) atoms. The predicted octanol–water partition coefficient (Wildman–Crippen LogP) is -5.62. The molecule has 0 aromatic rings. The van der Waals surface area contributed by atoms with Crippen LogP contribution >= 0.6 is 0 Å². The summed E-state index contributed by atoms with van der Waals surface area (Å²) in [5.74, 6) is 0. The molecule has 0 saturated heterocycles. The van der Waals surface area contributed by atoms with Crippen LogP contribution in [0.4, 0.5) is 8.78 Å². The molecule has 0 atom stereocenters. The Balaban J connectivity index is -0.00000000544. The molecule has 0 rings (SSSR count). The van der Waals surface area contributed by atoms with Crippen LogP contribution in [0.15, 0.2) is 12.9 Å². The first-order valence-electron chi connectivity index (χ1n) is 1.89. The van der Waals surface area contributed by atoms with Gasteiger partial charge in [0, 0.05) is 0 Å². The number of hydrogen-bond acceptors (Lipinski definition) is 1. The van der Waals surface area contributed by atoms with Crippen LogP contribution in [0.5, 0.6) is 0 Å². The SMILES string of the molecule is C=CF.CCF.O.[Ca+2].[F-].[F-].[O]=[Ca].